The van der Waals surface area contributed by atoms with Crippen LogP contribution in [0, 0.1) is 6.92 Å². The monoisotopic (exact) mass is 254 g/mol. The zero-order valence-electron chi connectivity index (χ0n) is 10.8. The summed E-state index contributed by atoms with van der Waals surface area (Å²) in [5.41, 5.74) is 7.01. The Hall–Kier alpha value is -2.05. The van der Waals surface area contributed by atoms with Crippen LogP contribution in [0.3, 0.4) is 0 Å². The van der Waals surface area contributed by atoms with Crippen molar-refractivity contribution < 1.29 is 14.3 Å². The second kappa shape index (κ2) is 6.04. The Balaban J connectivity index is 2.53. The van der Waals surface area contributed by atoms with E-state index in [-0.39, 0.29) is 24.8 Å². The first-order chi connectivity index (χ1) is 8.47. The van der Waals surface area contributed by atoms with Gasteiger partial charge in [0.25, 0.3) is 5.91 Å². The van der Waals surface area contributed by atoms with Crippen LogP contribution in [-0.4, -0.2) is 34.8 Å². The van der Waals surface area contributed by atoms with Crippen LogP contribution in [-0.2, 0) is 16.6 Å². The van der Waals surface area contributed by atoms with Gasteiger partial charge in [-0.3, -0.25) is 14.3 Å². The number of nitrogens with one attached hydrogen (secondary N) is 1. The number of hydrogen-bond donors (Lipinski definition) is 2. The van der Waals surface area contributed by atoms with Gasteiger partial charge in [0, 0.05) is 13.6 Å². The number of nitrogens with two attached hydrogens (primary N) is 1. The maximum absolute atomic E-state index is 11.8. The molecule has 0 radical (unpaired) electrons. The van der Waals surface area contributed by atoms with Gasteiger partial charge in [-0.25, -0.2) is 0 Å². The van der Waals surface area contributed by atoms with Crippen LogP contribution in [0.2, 0.25) is 0 Å². The Bertz CT molecular complexity index is 453. The minimum absolute atomic E-state index is 0.135. The van der Waals surface area contributed by atoms with E-state index < -0.39 is 0 Å². The van der Waals surface area contributed by atoms with E-state index in [1.807, 2.05) is 0 Å². The first-order valence-corrected chi connectivity index (χ1v) is 5.70. The highest BCUT2D eigenvalue weighted by atomic mass is 16.5. The predicted molar refractivity (Wildman–Crippen MR) is 65.9 cm³/mol. The highest BCUT2D eigenvalue weighted by Gasteiger charge is 2.17. The van der Waals surface area contributed by atoms with Crippen LogP contribution in [0.4, 0.5) is 5.69 Å². The number of carbonyl (C=O) groups excluding carboxylic acids is 2. The molecular weight excluding hydrogens is 236 g/mol. The fourth-order valence-electron chi connectivity index (χ4n) is 1.54. The van der Waals surface area contributed by atoms with Gasteiger partial charge < -0.3 is 15.8 Å². The molecule has 0 spiro atoms. The Morgan fingerprint density at radius 3 is 2.67 bits per heavy atom. The summed E-state index contributed by atoms with van der Waals surface area (Å²) >= 11 is 0. The van der Waals surface area contributed by atoms with E-state index in [0.717, 1.165) is 0 Å². The Morgan fingerprint density at radius 1 is 1.50 bits per heavy atom. The van der Waals surface area contributed by atoms with Crippen molar-refractivity contribution in [3.05, 3.63) is 11.4 Å². The van der Waals surface area contributed by atoms with Crippen molar-refractivity contribution in [2.24, 2.45) is 7.05 Å². The molecule has 1 rings (SSSR count). The van der Waals surface area contributed by atoms with Gasteiger partial charge in [-0.05, 0) is 13.8 Å². The normalized spacial score (nSPS) is 10.2. The van der Waals surface area contributed by atoms with Gasteiger partial charge >= 0.3 is 5.97 Å². The molecule has 0 aliphatic rings. The van der Waals surface area contributed by atoms with Gasteiger partial charge in [0.2, 0.25) is 0 Å². The van der Waals surface area contributed by atoms with Gasteiger partial charge in [-0.1, -0.05) is 0 Å². The molecule has 0 fully saturated rings. The van der Waals surface area contributed by atoms with Gasteiger partial charge in [0.1, 0.15) is 5.69 Å². The maximum Gasteiger partial charge on any atom is 0.307 e. The number of amides is 1. The van der Waals surface area contributed by atoms with Gasteiger partial charge in [0.05, 0.1) is 24.4 Å². The average molecular weight is 254 g/mol. The van der Waals surface area contributed by atoms with Crippen LogP contribution < -0.4 is 11.1 Å². The molecule has 0 aromatic carbocycles. The molecule has 1 aromatic rings. The third-order valence-corrected chi connectivity index (χ3v) is 2.40. The number of nitrogen functional groups attached to an aromatic ring is 1. The lowest BCUT2D eigenvalue weighted by Crippen LogP contribution is -2.29. The van der Waals surface area contributed by atoms with Crippen LogP contribution in [0.1, 0.15) is 29.5 Å². The van der Waals surface area contributed by atoms with E-state index in [0.29, 0.717) is 23.7 Å². The quantitative estimate of drug-likeness (QED) is 0.720. The van der Waals surface area contributed by atoms with Gasteiger partial charge in [-0.2, -0.15) is 5.10 Å². The van der Waals surface area contributed by atoms with Crippen molar-refractivity contribution in [1.82, 2.24) is 15.1 Å². The van der Waals surface area contributed by atoms with Gasteiger partial charge in [-0.15, -0.1) is 0 Å². The number of anilines is 1. The predicted octanol–water partition coefficient (Wildman–Crippen LogP) is -0.00628. The van der Waals surface area contributed by atoms with Crippen molar-refractivity contribution in [3.8, 4) is 0 Å². The number of hydrogen-bond acceptors (Lipinski definition) is 5. The van der Waals surface area contributed by atoms with Crippen LogP contribution >= 0.6 is 0 Å². The van der Waals surface area contributed by atoms with E-state index >= 15 is 0 Å². The molecule has 0 aliphatic carbocycles. The summed E-state index contributed by atoms with van der Waals surface area (Å²) < 4.78 is 6.17. The molecule has 0 aliphatic heterocycles. The number of aryl methyl sites for hydroxylation is 2. The van der Waals surface area contributed by atoms with Crippen molar-refractivity contribution >= 4 is 17.6 Å². The van der Waals surface area contributed by atoms with E-state index in [1.165, 1.54) is 4.68 Å². The van der Waals surface area contributed by atoms with Crippen LogP contribution in [0.5, 0.6) is 0 Å². The summed E-state index contributed by atoms with van der Waals surface area (Å²) in [6.07, 6.45) is 0.135. The number of aromatic nitrogens is 2. The summed E-state index contributed by atoms with van der Waals surface area (Å²) in [5.74, 6) is -0.688. The van der Waals surface area contributed by atoms with Crippen molar-refractivity contribution in [2.45, 2.75) is 20.3 Å². The molecule has 18 heavy (non-hydrogen) atoms. The topological polar surface area (TPSA) is 99.2 Å². The molecule has 0 atom stereocenters. The minimum atomic E-state index is -0.347. The van der Waals surface area contributed by atoms with Gasteiger partial charge in [0.15, 0.2) is 0 Å². The number of ether oxygens (including phenoxy) is 1. The molecule has 1 heterocycles. The molecule has 0 bridgehead atoms. The van der Waals surface area contributed by atoms with Crippen molar-refractivity contribution in [3.63, 3.8) is 0 Å². The maximum atomic E-state index is 11.8. The molecule has 3 N–H and O–H groups in total. The first-order valence-electron chi connectivity index (χ1n) is 5.70. The Morgan fingerprint density at radius 2 is 2.17 bits per heavy atom. The SMILES string of the molecule is CCOC(=O)CCNC(=O)c1c(N)c(C)nn1C. The molecule has 0 saturated carbocycles. The molecular formula is C11H18N4O3. The lowest BCUT2D eigenvalue weighted by Gasteiger charge is -2.06. The second-order valence-corrected chi connectivity index (χ2v) is 3.78. The highest BCUT2D eigenvalue weighted by molar-refractivity contribution is 5.98. The fourth-order valence-corrected chi connectivity index (χ4v) is 1.54. The largest absolute Gasteiger partial charge is 0.466 e. The van der Waals surface area contributed by atoms with Crippen LogP contribution in [0.15, 0.2) is 0 Å². The molecule has 1 aromatic heterocycles. The molecule has 0 saturated heterocycles. The number of esters is 1. The lowest BCUT2D eigenvalue weighted by molar-refractivity contribution is -0.142. The minimum Gasteiger partial charge on any atom is -0.466 e. The molecule has 1 amide bonds. The number of rotatable bonds is 5. The number of nitrogens with zero attached hydrogens (tertiary/aromatic N) is 2. The third kappa shape index (κ3) is 3.22. The van der Waals surface area contributed by atoms with E-state index in [9.17, 15) is 9.59 Å². The zero-order valence-corrected chi connectivity index (χ0v) is 10.8. The van der Waals surface area contributed by atoms with Crippen molar-refractivity contribution in [2.75, 3.05) is 18.9 Å². The van der Waals surface area contributed by atoms with E-state index in [2.05, 4.69) is 10.4 Å². The van der Waals surface area contributed by atoms with E-state index in [4.69, 9.17) is 10.5 Å². The highest BCUT2D eigenvalue weighted by Crippen LogP contribution is 2.14. The zero-order chi connectivity index (χ0) is 13.7. The smallest absolute Gasteiger partial charge is 0.307 e. The Kier molecular flexibility index (Phi) is 4.70. The molecule has 7 heteroatoms. The Labute approximate surface area is 105 Å². The summed E-state index contributed by atoms with van der Waals surface area (Å²) in [6, 6.07) is 0. The second-order valence-electron chi connectivity index (χ2n) is 3.78. The summed E-state index contributed by atoms with van der Waals surface area (Å²) in [7, 11) is 1.64. The lowest BCUT2D eigenvalue weighted by atomic mass is 10.3. The molecule has 0 unspecified atom stereocenters. The third-order valence-electron chi connectivity index (χ3n) is 2.40. The van der Waals surface area contributed by atoms with E-state index in [1.54, 1.807) is 20.9 Å². The first kappa shape index (κ1) is 14.0. The fraction of sp³-hybridized carbons (Fsp3) is 0.545. The average Bonchev–Trinajstić information content (AvgIpc) is 2.53. The summed E-state index contributed by atoms with van der Waals surface area (Å²) in [6.45, 7) is 4.00. The number of carbonyl (C=O) groups is 2. The van der Waals surface area contributed by atoms with Crippen molar-refractivity contribution in [1.29, 1.82) is 0 Å². The van der Waals surface area contributed by atoms with Crippen LogP contribution in [0.25, 0.3) is 0 Å². The summed E-state index contributed by atoms with van der Waals surface area (Å²) in [5, 5.41) is 6.65. The molecule has 7 nitrogen and oxygen atoms in total. The molecule has 100 valence electrons. The summed E-state index contributed by atoms with van der Waals surface area (Å²) in [4.78, 5) is 22.9. The standard InChI is InChI=1S/C11H18N4O3/c1-4-18-8(16)5-6-13-11(17)10-9(12)7(2)14-15(10)3/h4-6,12H2,1-3H3,(H,13,17).